The maximum Gasteiger partial charge on any atom is 0.387 e. The molecule has 0 fully saturated rings. The number of hydrogen-bond donors (Lipinski definition) is 1. The van der Waals surface area contributed by atoms with Crippen LogP contribution in [0.15, 0.2) is 36.7 Å². The maximum absolute atomic E-state index is 12.4. The standard InChI is InChI=1S/C14H16F2N2O2/c1-18-6-5-10(9-18)8-17-12-7-11(19-2)3-4-13(12)20-14(15)16/h3-7,9,14,17H,8H2,1-2H3. The first-order valence-corrected chi connectivity index (χ1v) is 6.06. The largest absolute Gasteiger partial charge is 0.497 e. The Morgan fingerprint density at radius 1 is 1.30 bits per heavy atom. The van der Waals surface area contributed by atoms with E-state index in [1.165, 1.54) is 13.2 Å². The number of nitrogens with one attached hydrogen (secondary N) is 1. The first kappa shape index (κ1) is 14.2. The van der Waals surface area contributed by atoms with Crippen molar-refractivity contribution in [3.63, 3.8) is 0 Å². The molecule has 0 aliphatic carbocycles. The summed E-state index contributed by atoms with van der Waals surface area (Å²) < 4.78 is 36.2. The van der Waals surface area contributed by atoms with E-state index < -0.39 is 6.61 Å². The molecule has 0 spiro atoms. The Morgan fingerprint density at radius 2 is 2.10 bits per heavy atom. The van der Waals surface area contributed by atoms with E-state index >= 15 is 0 Å². The van der Waals surface area contributed by atoms with E-state index in [1.807, 2.05) is 30.1 Å². The molecule has 0 atom stereocenters. The molecule has 20 heavy (non-hydrogen) atoms. The fourth-order valence-corrected chi connectivity index (χ4v) is 1.84. The summed E-state index contributed by atoms with van der Waals surface area (Å²) in [5.41, 5.74) is 1.51. The Balaban J connectivity index is 2.14. The van der Waals surface area contributed by atoms with Crippen LogP contribution in [-0.4, -0.2) is 18.3 Å². The van der Waals surface area contributed by atoms with E-state index in [2.05, 4.69) is 10.1 Å². The third-order valence-electron chi connectivity index (χ3n) is 2.78. The molecule has 0 bridgehead atoms. The van der Waals surface area contributed by atoms with Crippen LogP contribution in [0.25, 0.3) is 0 Å². The van der Waals surface area contributed by atoms with Gasteiger partial charge < -0.3 is 19.4 Å². The average Bonchev–Trinajstić information content (AvgIpc) is 2.83. The van der Waals surface area contributed by atoms with Gasteiger partial charge in [-0.25, -0.2) is 0 Å². The Labute approximate surface area is 115 Å². The number of methoxy groups -OCH3 is 1. The van der Waals surface area contributed by atoms with Crippen LogP contribution in [0.5, 0.6) is 11.5 Å². The number of hydrogen-bond acceptors (Lipinski definition) is 3. The Morgan fingerprint density at radius 3 is 2.70 bits per heavy atom. The molecule has 0 unspecified atom stereocenters. The first-order valence-electron chi connectivity index (χ1n) is 6.06. The third-order valence-corrected chi connectivity index (χ3v) is 2.78. The van der Waals surface area contributed by atoms with Gasteiger partial charge in [-0.05, 0) is 23.8 Å². The van der Waals surface area contributed by atoms with Gasteiger partial charge in [0.05, 0.1) is 12.8 Å². The molecule has 1 aromatic carbocycles. The second-order valence-electron chi connectivity index (χ2n) is 4.28. The highest BCUT2D eigenvalue weighted by molar-refractivity contribution is 5.60. The highest BCUT2D eigenvalue weighted by atomic mass is 19.3. The minimum absolute atomic E-state index is 0.0942. The van der Waals surface area contributed by atoms with Crippen LogP contribution >= 0.6 is 0 Å². The number of nitrogens with zero attached hydrogens (tertiary/aromatic N) is 1. The predicted octanol–water partition coefficient (Wildman–Crippen LogP) is 3.25. The van der Waals surface area contributed by atoms with E-state index in [0.29, 0.717) is 18.0 Å². The van der Waals surface area contributed by atoms with Gasteiger partial charge in [0.25, 0.3) is 0 Å². The van der Waals surface area contributed by atoms with Gasteiger partial charge >= 0.3 is 6.61 Å². The lowest BCUT2D eigenvalue weighted by atomic mass is 10.2. The minimum atomic E-state index is -2.86. The van der Waals surface area contributed by atoms with Gasteiger partial charge in [0.1, 0.15) is 11.5 Å². The second kappa shape index (κ2) is 6.27. The Bertz CT molecular complexity index is 570. The van der Waals surface area contributed by atoms with Crippen molar-refractivity contribution in [1.82, 2.24) is 4.57 Å². The summed E-state index contributed by atoms with van der Waals surface area (Å²) in [5.74, 6) is 0.666. The second-order valence-corrected chi connectivity index (χ2v) is 4.28. The number of alkyl halides is 2. The number of benzene rings is 1. The normalized spacial score (nSPS) is 10.7. The van der Waals surface area contributed by atoms with Crippen molar-refractivity contribution in [1.29, 1.82) is 0 Å². The SMILES string of the molecule is COc1ccc(OC(F)F)c(NCc2ccn(C)c2)c1. The van der Waals surface area contributed by atoms with Crippen molar-refractivity contribution in [2.45, 2.75) is 13.2 Å². The zero-order chi connectivity index (χ0) is 14.5. The summed E-state index contributed by atoms with van der Waals surface area (Å²) in [6.07, 6.45) is 3.86. The van der Waals surface area contributed by atoms with Gasteiger partial charge in [-0.1, -0.05) is 0 Å². The summed E-state index contributed by atoms with van der Waals surface area (Å²) in [6, 6.07) is 6.60. The highest BCUT2D eigenvalue weighted by Crippen LogP contribution is 2.30. The van der Waals surface area contributed by atoms with Crippen LogP contribution < -0.4 is 14.8 Å². The fraction of sp³-hybridized carbons (Fsp3) is 0.286. The zero-order valence-corrected chi connectivity index (χ0v) is 11.3. The van der Waals surface area contributed by atoms with Crippen molar-refractivity contribution in [3.8, 4) is 11.5 Å². The number of ether oxygens (including phenoxy) is 2. The van der Waals surface area contributed by atoms with Crippen LogP contribution in [0.4, 0.5) is 14.5 Å². The molecule has 1 N–H and O–H groups in total. The van der Waals surface area contributed by atoms with Gasteiger partial charge in [0.15, 0.2) is 0 Å². The number of aryl methyl sites for hydroxylation is 1. The number of aromatic nitrogens is 1. The maximum atomic E-state index is 12.4. The molecule has 0 aliphatic heterocycles. The highest BCUT2D eigenvalue weighted by Gasteiger charge is 2.11. The molecule has 0 amide bonds. The van der Waals surface area contributed by atoms with Gasteiger partial charge in [-0.3, -0.25) is 0 Å². The van der Waals surface area contributed by atoms with Crippen LogP contribution in [0.1, 0.15) is 5.56 Å². The summed E-state index contributed by atoms with van der Waals surface area (Å²) in [5, 5.41) is 3.07. The summed E-state index contributed by atoms with van der Waals surface area (Å²) in [4.78, 5) is 0. The fourth-order valence-electron chi connectivity index (χ4n) is 1.84. The molecule has 108 valence electrons. The molecule has 2 rings (SSSR count). The van der Waals surface area contributed by atoms with Crippen molar-refractivity contribution in [2.75, 3.05) is 12.4 Å². The summed E-state index contributed by atoms with van der Waals surface area (Å²) in [6.45, 7) is -2.35. The van der Waals surface area contributed by atoms with Crippen LogP contribution in [0.2, 0.25) is 0 Å². The average molecular weight is 282 g/mol. The zero-order valence-electron chi connectivity index (χ0n) is 11.3. The monoisotopic (exact) mass is 282 g/mol. The van der Waals surface area contributed by atoms with Gasteiger partial charge in [-0.15, -0.1) is 0 Å². The number of anilines is 1. The van der Waals surface area contributed by atoms with Gasteiger partial charge in [0.2, 0.25) is 0 Å². The van der Waals surface area contributed by atoms with E-state index in [4.69, 9.17) is 4.74 Å². The van der Waals surface area contributed by atoms with Crippen molar-refractivity contribution in [3.05, 3.63) is 42.2 Å². The molecule has 2 aromatic rings. The lowest BCUT2D eigenvalue weighted by Gasteiger charge is -2.13. The molecule has 6 heteroatoms. The molecule has 0 saturated heterocycles. The van der Waals surface area contributed by atoms with Crippen molar-refractivity contribution >= 4 is 5.69 Å². The molecule has 0 saturated carbocycles. The Hall–Kier alpha value is -2.24. The van der Waals surface area contributed by atoms with Crippen LogP contribution in [0.3, 0.4) is 0 Å². The van der Waals surface area contributed by atoms with Gasteiger partial charge in [-0.2, -0.15) is 8.78 Å². The van der Waals surface area contributed by atoms with E-state index in [9.17, 15) is 8.78 Å². The number of halogens is 2. The topological polar surface area (TPSA) is 35.4 Å². The molecular weight excluding hydrogens is 266 g/mol. The Kier molecular flexibility index (Phi) is 4.45. The predicted molar refractivity (Wildman–Crippen MR) is 72.4 cm³/mol. The molecule has 1 heterocycles. The van der Waals surface area contributed by atoms with Crippen molar-refractivity contribution in [2.24, 2.45) is 7.05 Å². The van der Waals surface area contributed by atoms with E-state index in [0.717, 1.165) is 5.56 Å². The van der Waals surface area contributed by atoms with Gasteiger partial charge in [0, 0.05) is 32.1 Å². The summed E-state index contributed by atoms with van der Waals surface area (Å²) in [7, 11) is 3.43. The van der Waals surface area contributed by atoms with E-state index in [1.54, 1.807) is 12.1 Å². The van der Waals surface area contributed by atoms with E-state index in [-0.39, 0.29) is 5.75 Å². The third kappa shape index (κ3) is 3.63. The lowest BCUT2D eigenvalue weighted by molar-refractivity contribution is -0.0493. The first-order chi connectivity index (χ1) is 9.58. The molecule has 4 nitrogen and oxygen atoms in total. The quantitative estimate of drug-likeness (QED) is 0.883. The van der Waals surface area contributed by atoms with Crippen molar-refractivity contribution < 1.29 is 18.3 Å². The molecule has 0 aliphatic rings. The minimum Gasteiger partial charge on any atom is -0.497 e. The van der Waals surface area contributed by atoms with Crippen LogP contribution in [0, 0.1) is 0 Å². The molecule has 1 aromatic heterocycles. The molecular formula is C14H16F2N2O2. The lowest BCUT2D eigenvalue weighted by Crippen LogP contribution is -2.06. The molecule has 0 radical (unpaired) electrons. The van der Waals surface area contributed by atoms with Crippen LogP contribution in [-0.2, 0) is 13.6 Å². The smallest absolute Gasteiger partial charge is 0.387 e. The summed E-state index contributed by atoms with van der Waals surface area (Å²) >= 11 is 0. The number of rotatable bonds is 6.